The molecule has 0 heterocycles. The molecule has 0 aliphatic carbocycles. The van der Waals surface area contributed by atoms with Crippen LogP contribution in [-0.4, -0.2) is 0 Å². The van der Waals surface area contributed by atoms with Crippen LogP contribution in [0.15, 0.2) is 182 Å². The average molecular weight is 607 g/mol. The molecule has 48 heavy (non-hydrogen) atoms. The maximum Gasteiger partial charge on any atom is -0.00206 e. The third kappa shape index (κ3) is 4.31. The highest BCUT2D eigenvalue weighted by Gasteiger charge is 2.15. The Labute approximate surface area is 279 Å². The van der Waals surface area contributed by atoms with Gasteiger partial charge < -0.3 is 0 Å². The van der Waals surface area contributed by atoms with Crippen molar-refractivity contribution in [2.45, 2.75) is 0 Å². The van der Waals surface area contributed by atoms with Gasteiger partial charge in [-0.3, -0.25) is 0 Å². The predicted molar refractivity (Wildman–Crippen MR) is 208 cm³/mol. The normalized spacial score (nSPS) is 11.8. The molecule has 0 amide bonds. The number of benzene rings is 10. The summed E-state index contributed by atoms with van der Waals surface area (Å²) in [5.74, 6) is 0. The Hall–Kier alpha value is -6.24. The topological polar surface area (TPSA) is 0 Å². The lowest BCUT2D eigenvalue weighted by Gasteiger charge is -2.16. The van der Waals surface area contributed by atoms with Gasteiger partial charge in [-0.1, -0.05) is 146 Å². The van der Waals surface area contributed by atoms with Crippen molar-refractivity contribution in [2.75, 3.05) is 0 Å². The first-order valence-corrected chi connectivity index (χ1v) is 16.7. The molecule has 0 spiro atoms. The Morgan fingerprint density at radius 1 is 0.208 bits per heavy atom. The molecular formula is C48H30. The van der Waals surface area contributed by atoms with Gasteiger partial charge in [0, 0.05) is 0 Å². The summed E-state index contributed by atoms with van der Waals surface area (Å²) in [6.07, 6.45) is 0. The predicted octanol–water partition coefficient (Wildman–Crippen LogP) is 13.6. The van der Waals surface area contributed by atoms with Crippen molar-refractivity contribution in [3.05, 3.63) is 182 Å². The van der Waals surface area contributed by atoms with Gasteiger partial charge in [0.1, 0.15) is 0 Å². The van der Waals surface area contributed by atoms with Gasteiger partial charge in [-0.15, -0.1) is 0 Å². The standard InChI is InChI=1S/C48H30/c1-2-11-33-25-34(18-17-31(33)9-1)35-19-20-37-27-40(22-21-36(37)26-35)46-30-41(28-38-12-4-6-14-42(38)46)47-29-39-13-5-8-16-44(39)48-43-15-7-3-10-32(43)23-24-45(47)48/h1-30H. The third-order valence-electron chi connectivity index (χ3n) is 10.2. The minimum atomic E-state index is 1.23. The highest BCUT2D eigenvalue weighted by atomic mass is 14.2. The molecule has 222 valence electrons. The molecule has 0 aliphatic rings. The zero-order chi connectivity index (χ0) is 31.6. The van der Waals surface area contributed by atoms with E-state index < -0.39 is 0 Å². The summed E-state index contributed by atoms with van der Waals surface area (Å²) < 4.78 is 0. The van der Waals surface area contributed by atoms with Crippen molar-refractivity contribution in [1.29, 1.82) is 0 Å². The van der Waals surface area contributed by atoms with Crippen LogP contribution in [0.4, 0.5) is 0 Å². The van der Waals surface area contributed by atoms with E-state index in [-0.39, 0.29) is 0 Å². The molecule has 0 bridgehead atoms. The van der Waals surface area contributed by atoms with Crippen LogP contribution in [0.5, 0.6) is 0 Å². The van der Waals surface area contributed by atoms with E-state index in [0.29, 0.717) is 0 Å². The van der Waals surface area contributed by atoms with Gasteiger partial charge in [-0.25, -0.2) is 0 Å². The molecule has 10 rings (SSSR count). The summed E-state index contributed by atoms with van der Waals surface area (Å²) >= 11 is 0. The van der Waals surface area contributed by atoms with Gasteiger partial charge in [0.2, 0.25) is 0 Å². The van der Waals surface area contributed by atoms with Gasteiger partial charge in [0.05, 0.1) is 0 Å². The second kappa shape index (κ2) is 10.7. The molecule has 0 aliphatic heterocycles. The molecule has 0 aromatic heterocycles. The number of hydrogen-bond acceptors (Lipinski definition) is 0. The van der Waals surface area contributed by atoms with Crippen LogP contribution in [0, 0.1) is 0 Å². The summed E-state index contributed by atoms with van der Waals surface area (Å²) in [5.41, 5.74) is 7.47. The molecule has 0 heteroatoms. The fraction of sp³-hybridized carbons (Fsp3) is 0. The van der Waals surface area contributed by atoms with Gasteiger partial charge >= 0.3 is 0 Å². The van der Waals surface area contributed by atoms with E-state index >= 15 is 0 Å². The molecule has 0 radical (unpaired) electrons. The quantitative estimate of drug-likeness (QED) is 0.176. The fourth-order valence-electron chi connectivity index (χ4n) is 7.78. The molecule has 0 saturated heterocycles. The highest BCUT2D eigenvalue weighted by molar-refractivity contribution is 6.24. The van der Waals surface area contributed by atoms with Gasteiger partial charge in [-0.05, 0) is 134 Å². The maximum atomic E-state index is 2.41. The molecule has 10 aromatic carbocycles. The van der Waals surface area contributed by atoms with E-state index in [1.165, 1.54) is 98.0 Å². The monoisotopic (exact) mass is 606 g/mol. The first kappa shape index (κ1) is 26.9. The summed E-state index contributed by atoms with van der Waals surface area (Å²) in [5, 5.41) is 15.3. The van der Waals surface area contributed by atoms with E-state index in [0.717, 1.165) is 0 Å². The molecular weight excluding hydrogens is 577 g/mol. The van der Waals surface area contributed by atoms with E-state index in [4.69, 9.17) is 0 Å². The second-order valence-corrected chi connectivity index (χ2v) is 12.9. The molecule has 0 N–H and O–H groups in total. The molecule has 10 aromatic rings. The Morgan fingerprint density at radius 2 is 0.646 bits per heavy atom. The van der Waals surface area contributed by atoms with Crippen LogP contribution in [0.25, 0.3) is 98.0 Å². The Bertz CT molecular complexity index is 2870. The smallest absolute Gasteiger partial charge is 0.00206 e. The van der Waals surface area contributed by atoms with Crippen LogP contribution in [0.3, 0.4) is 0 Å². The van der Waals surface area contributed by atoms with E-state index in [1.807, 2.05) is 0 Å². The van der Waals surface area contributed by atoms with Gasteiger partial charge in [-0.2, -0.15) is 0 Å². The van der Waals surface area contributed by atoms with Crippen molar-refractivity contribution in [3.63, 3.8) is 0 Å². The molecule has 0 unspecified atom stereocenters. The Balaban J connectivity index is 1.16. The van der Waals surface area contributed by atoms with Crippen LogP contribution in [0.2, 0.25) is 0 Å². The summed E-state index contributed by atoms with van der Waals surface area (Å²) in [4.78, 5) is 0. The van der Waals surface area contributed by atoms with Crippen molar-refractivity contribution < 1.29 is 0 Å². The van der Waals surface area contributed by atoms with E-state index in [1.54, 1.807) is 0 Å². The minimum absolute atomic E-state index is 1.23. The van der Waals surface area contributed by atoms with E-state index in [2.05, 4.69) is 182 Å². The van der Waals surface area contributed by atoms with Crippen LogP contribution >= 0.6 is 0 Å². The zero-order valence-corrected chi connectivity index (χ0v) is 26.3. The minimum Gasteiger partial charge on any atom is -0.0616 e. The number of hydrogen-bond donors (Lipinski definition) is 0. The largest absolute Gasteiger partial charge is 0.0616 e. The van der Waals surface area contributed by atoms with Crippen LogP contribution in [0.1, 0.15) is 0 Å². The lowest BCUT2D eigenvalue weighted by molar-refractivity contribution is 1.65. The molecule has 0 fully saturated rings. The third-order valence-corrected chi connectivity index (χ3v) is 10.2. The highest BCUT2D eigenvalue weighted by Crippen LogP contribution is 2.42. The van der Waals surface area contributed by atoms with Crippen molar-refractivity contribution in [3.8, 4) is 33.4 Å². The molecule has 0 saturated carbocycles. The molecule has 0 atom stereocenters. The fourth-order valence-corrected chi connectivity index (χ4v) is 7.78. The first-order chi connectivity index (χ1) is 23.8. The molecule has 0 nitrogen and oxygen atoms in total. The average Bonchev–Trinajstić information content (AvgIpc) is 3.16. The lowest BCUT2D eigenvalue weighted by atomic mass is 9.87. The summed E-state index contributed by atoms with van der Waals surface area (Å²) in [6.45, 7) is 0. The number of fused-ring (bicyclic) bond motifs is 8. The van der Waals surface area contributed by atoms with Gasteiger partial charge in [0.15, 0.2) is 0 Å². The SMILES string of the molecule is c1ccc2cc(-c3ccc4cc(-c5cc(-c6cc7ccccc7c7c6ccc6ccccc67)cc6ccccc56)ccc4c3)ccc2c1. The van der Waals surface area contributed by atoms with Crippen molar-refractivity contribution in [1.82, 2.24) is 0 Å². The van der Waals surface area contributed by atoms with Crippen LogP contribution < -0.4 is 0 Å². The maximum absolute atomic E-state index is 2.41. The zero-order valence-electron chi connectivity index (χ0n) is 26.3. The van der Waals surface area contributed by atoms with Crippen molar-refractivity contribution in [2.24, 2.45) is 0 Å². The summed E-state index contributed by atoms with van der Waals surface area (Å²) in [6, 6.07) is 67.2. The van der Waals surface area contributed by atoms with E-state index in [9.17, 15) is 0 Å². The van der Waals surface area contributed by atoms with Gasteiger partial charge in [0.25, 0.3) is 0 Å². The second-order valence-electron chi connectivity index (χ2n) is 12.9. The van der Waals surface area contributed by atoms with Crippen molar-refractivity contribution >= 4 is 64.6 Å². The number of rotatable bonds is 3. The Morgan fingerprint density at radius 3 is 1.38 bits per heavy atom. The lowest BCUT2D eigenvalue weighted by Crippen LogP contribution is -1.89. The Kier molecular flexibility index (Phi) is 5.98. The van der Waals surface area contributed by atoms with Crippen LogP contribution in [-0.2, 0) is 0 Å². The summed E-state index contributed by atoms with van der Waals surface area (Å²) in [7, 11) is 0. The first-order valence-electron chi connectivity index (χ1n) is 16.7.